The van der Waals surface area contributed by atoms with Gasteiger partial charge in [0.25, 0.3) is 0 Å². The number of nitrogens with one attached hydrogen (secondary N) is 1. The van der Waals surface area contributed by atoms with Crippen LogP contribution in [0.2, 0.25) is 0 Å². The number of nitrogens with two attached hydrogens (primary N) is 1. The normalized spacial score (nSPS) is 10.4. The van der Waals surface area contributed by atoms with Crippen LogP contribution in [0.15, 0.2) is 24.5 Å². The number of rotatable bonds is 2. The van der Waals surface area contributed by atoms with Crippen molar-refractivity contribution in [2.45, 2.75) is 13.5 Å². The van der Waals surface area contributed by atoms with E-state index in [9.17, 15) is 0 Å². The minimum absolute atomic E-state index is 0.463. The molecule has 14 heavy (non-hydrogen) atoms. The SMILES string of the molecule is Cc1[nH]ncc1-c1ccnc(CN)c1. The molecule has 0 atom stereocenters. The van der Waals surface area contributed by atoms with Crippen molar-refractivity contribution in [3.8, 4) is 11.1 Å². The van der Waals surface area contributed by atoms with E-state index in [4.69, 9.17) is 5.73 Å². The number of hydrogen-bond acceptors (Lipinski definition) is 3. The van der Waals surface area contributed by atoms with Crippen molar-refractivity contribution in [3.05, 3.63) is 35.9 Å². The van der Waals surface area contributed by atoms with Gasteiger partial charge in [0.2, 0.25) is 0 Å². The molecule has 2 aromatic heterocycles. The summed E-state index contributed by atoms with van der Waals surface area (Å²) in [5, 5.41) is 6.88. The summed E-state index contributed by atoms with van der Waals surface area (Å²) in [6, 6.07) is 3.94. The van der Waals surface area contributed by atoms with E-state index in [-0.39, 0.29) is 0 Å². The van der Waals surface area contributed by atoms with Gasteiger partial charge in [-0.3, -0.25) is 10.1 Å². The Morgan fingerprint density at radius 1 is 1.50 bits per heavy atom. The first kappa shape index (κ1) is 8.90. The molecule has 0 aliphatic carbocycles. The van der Waals surface area contributed by atoms with Crippen molar-refractivity contribution in [1.82, 2.24) is 15.2 Å². The lowest BCUT2D eigenvalue weighted by atomic mass is 10.1. The van der Waals surface area contributed by atoms with Crippen LogP contribution in [0.4, 0.5) is 0 Å². The molecule has 0 saturated heterocycles. The number of hydrogen-bond donors (Lipinski definition) is 2. The predicted molar refractivity (Wildman–Crippen MR) is 54.4 cm³/mol. The van der Waals surface area contributed by atoms with Gasteiger partial charge in [-0.25, -0.2) is 0 Å². The predicted octanol–water partition coefficient (Wildman–Crippen LogP) is 1.24. The Bertz CT molecular complexity index is 433. The number of pyridine rings is 1. The van der Waals surface area contributed by atoms with Gasteiger partial charge >= 0.3 is 0 Å². The average Bonchev–Trinajstić information content (AvgIpc) is 2.65. The molecule has 0 aromatic carbocycles. The summed E-state index contributed by atoms with van der Waals surface area (Å²) >= 11 is 0. The molecule has 0 fully saturated rings. The zero-order chi connectivity index (χ0) is 9.97. The number of aromatic amines is 1. The second-order valence-corrected chi connectivity index (χ2v) is 3.15. The molecule has 2 aromatic rings. The fourth-order valence-corrected chi connectivity index (χ4v) is 1.40. The van der Waals surface area contributed by atoms with E-state index in [0.29, 0.717) is 6.54 Å². The smallest absolute Gasteiger partial charge is 0.0568 e. The summed E-state index contributed by atoms with van der Waals surface area (Å²) in [6.45, 7) is 2.45. The van der Waals surface area contributed by atoms with E-state index in [0.717, 1.165) is 22.5 Å². The number of nitrogens with zero attached hydrogens (tertiary/aromatic N) is 2. The lowest BCUT2D eigenvalue weighted by Crippen LogP contribution is -1.98. The lowest BCUT2D eigenvalue weighted by Gasteiger charge is -2.01. The highest BCUT2D eigenvalue weighted by Crippen LogP contribution is 2.20. The Hall–Kier alpha value is -1.68. The summed E-state index contributed by atoms with van der Waals surface area (Å²) < 4.78 is 0. The minimum Gasteiger partial charge on any atom is -0.325 e. The summed E-state index contributed by atoms with van der Waals surface area (Å²) in [5.74, 6) is 0. The minimum atomic E-state index is 0.463. The maximum atomic E-state index is 5.52. The maximum absolute atomic E-state index is 5.52. The highest BCUT2D eigenvalue weighted by Gasteiger charge is 2.03. The van der Waals surface area contributed by atoms with Crippen molar-refractivity contribution >= 4 is 0 Å². The van der Waals surface area contributed by atoms with Crippen LogP contribution in [-0.4, -0.2) is 15.2 Å². The highest BCUT2D eigenvalue weighted by molar-refractivity contribution is 5.64. The first-order valence-electron chi connectivity index (χ1n) is 4.46. The fourth-order valence-electron chi connectivity index (χ4n) is 1.40. The number of H-pyrrole nitrogens is 1. The zero-order valence-corrected chi connectivity index (χ0v) is 7.99. The van der Waals surface area contributed by atoms with Gasteiger partial charge in [-0.05, 0) is 24.6 Å². The first-order chi connectivity index (χ1) is 6.81. The second-order valence-electron chi connectivity index (χ2n) is 3.15. The zero-order valence-electron chi connectivity index (χ0n) is 7.99. The molecule has 3 N–H and O–H groups in total. The molecule has 4 nitrogen and oxygen atoms in total. The van der Waals surface area contributed by atoms with E-state index in [1.807, 2.05) is 25.3 Å². The van der Waals surface area contributed by atoms with Crippen molar-refractivity contribution in [2.24, 2.45) is 5.73 Å². The third kappa shape index (κ3) is 1.52. The van der Waals surface area contributed by atoms with Crippen LogP contribution in [0, 0.1) is 6.92 Å². The van der Waals surface area contributed by atoms with Gasteiger partial charge < -0.3 is 5.73 Å². The monoisotopic (exact) mass is 188 g/mol. The molecule has 0 saturated carbocycles. The third-order valence-electron chi connectivity index (χ3n) is 2.17. The Morgan fingerprint density at radius 2 is 2.36 bits per heavy atom. The molecule has 0 unspecified atom stereocenters. The number of aryl methyl sites for hydroxylation is 1. The number of aromatic nitrogens is 3. The van der Waals surface area contributed by atoms with Gasteiger partial charge in [0.15, 0.2) is 0 Å². The highest BCUT2D eigenvalue weighted by atomic mass is 15.1. The Labute approximate surface area is 82.2 Å². The second kappa shape index (κ2) is 3.59. The molecule has 0 spiro atoms. The Kier molecular flexibility index (Phi) is 2.28. The first-order valence-corrected chi connectivity index (χ1v) is 4.46. The maximum Gasteiger partial charge on any atom is 0.0568 e. The molecule has 0 bridgehead atoms. The molecule has 2 heterocycles. The van der Waals surface area contributed by atoms with Gasteiger partial charge in [-0.1, -0.05) is 0 Å². The molecule has 2 rings (SSSR count). The molecular weight excluding hydrogens is 176 g/mol. The van der Waals surface area contributed by atoms with Crippen LogP contribution in [-0.2, 0) is 6.54 Å². The van der Waals surface area contributed by atoms with Crippen LogP contribution in [0.5, 0.6) is 0 Å². The molecular formula is C10H12N4. The molecule has 0 radical (unpaired) electrons. The van der Waals surface area contributed by atoms with Crippen molar-refractivity contribution in [3.63, 3.8) is 0 Å². The van der Waals surface area contributed by atoms with Gasteiger partial charge in [0, 0.05) is 24.0 Å². The van der Waals surface area contributed by atoms with Crippen LogP contribution < -0.4 is 5.73 Å². The van der Waals surface area contributed by atoms with Crippen molar-refractivity contribution in [2.75, 3.05) is 0 Å². The summed E-state index contributed by atoms with van der Waals surface area (Å²) in [7, 11) is 0. The van der Waals surface area contributed by atoms with Crippen LogP contribution >= 0.6 is 0 Å². The van der Waals surface area contributed by atoms with Gasteiger partial charge in [0.1, 0.15) is 0 Å². The molecule has 0 amide bonds. The van der Waals surface area contributed by atoms with E-state index in [1.54, 1.807) is 6.20 Å². The van der Waals surface area contributed by atoms with Crippen LogP contribution in [0.3, 0.4) is 0 Å². The molecule has 72 valence electrons. The summed E-state index contributed by atoms with van der Waals surface area (Å²) in [4.78, 5) is 4.14. The largest absolute Gasteiger partial charge is 0.325 e. The quantitative estimate of drug-likeness (QED) is 0.745. The average molecular weight is 188 g/mol. The Balaban J connectivity index is 2.47. The van der Waals surface area contributed by atoms with Crippen molar-refractivity contribution in [1.29, 1.82) is 0 Å². The topological polar surface area (TPSA) is 67.6 Å². The van der Waals surface area contributed by atoms with Crippen molar-refractivity contribution < 1.29 is 0 Å². The molecule has 0 aliphatic heterocycles. The standard InChI is InChI=1S/C10H12N4/c1-7-10(6-13-14-7)8-2-3-12-9(4-8)5-11/h2-4,6H,5,11H2,1H3,(H,13,14). The lowest BCUT2D eigenvalue weighted by molar-refractivity contribution is 0.991. The van der Waals surface area contributed by atoms with Crippen LogP contribution in [0.25, 0.3) is 11.1 Å². The molecule has 0 aliphatic rings. The Morgan fingerprint density at radius 3 is 3.00 bits per heavy atom. The van der Waals surface area contributed by atoms with E-state index >= 15 is 0 Å². The third-order valence-corrected chi connectivity index (χ3v) is 2.17. The van der Waals surface area contributed by atoms with Crippen LogP contribution in [0.1, 0.15) is 11.4 Å². The molecule has 4 heteroatoms. The van der Waals surface area contributed by atoms with Gasteiger partial charge in [-0.2, -0.15) is 5.10 Å². The van der Waals surface area contributed by atoms with E-state index < -0.39 is 0 Å². The van der Waals surface area contributed by atoms with E-state index in [1.165, 1.54) is 0 Å². The van der Waals surface area contributed by atoms with E-state index in [2.05, 4.69) is 15.2 Å². The fraction of sp³-hybridized carbons (Fsp3) is 0.200. The summed E-state index contributed by atoms with van der Waals surface area (Å²) in [5.41, 5.74) is 9.67. The van der Waals surface area contributed by atoms with Gasteiger partial charge in [-0.15, -0.1) is 0 Å². The summed E-state index contributed by atoms with van der Waals surface area (Å²) in [6.07, 6.45) is 3.58. The van der Waals surface area contributed by atoms with Gasteiger partial charge in [0.05, 0.1) is 11.9 Å².